The molecular formula is C17H19NO3. The molecule has 0 saturated carbocycles. The van der Waals surface area contributed by atoms with Crippen molar-refractivity contribution in [2.45, 2.75) is 12.6 Å². The second kappa shape index (κ2) is 6.90. The molecule has 0 aromatic heterocycles. The number of benzene rings is 2. The van der Waals surface area contributed by atoms with E-state index in [1.54, 1.807) is 7.11 Å². The predicted octanol–water partition coefficient (Wildman–Crippen LogP) is 2.95. The van der Waals surface area contributed by atoms with Crippen molar-refractivity contribution in [1.29, 1.82) is 0 Å². The fourth-order valence-corrected chi connectivity index (χ4v) is 2.37. The summed E-state index contributed by atoms with van der Waals surface area (Å²) in [6.07, 6.45) is 0. The van der Waals surface area contributed by atoms with E-state index in [0.29, 0.717) is 6.54 Å². The first kappa shape index (κ1) is 15.1. The van der Waals surface area contributed by atoms with Crippen LogP contribution in [0.25, 0.3) is 0 Å². The molecule has 0 saturated heterocycles. The molecule has 0 aliphatic heterocycles. The maximum Gasteiger partial charge on any atom is 0.325 e. The third-order valence-electron chi connectivity index (χ3n) is 3.36. The lowest BCUT2D eigenvalue weighted by molar-refractivity contribution is -0.143. The monoisotopic (exact) mass is 285 g/mol. The van der Waals surface area contributed by atoms with Crippen LogP contribution in [0.3, 0.4) is 0 Å². The van der Waals surface area contributed by atoms with Crippen LogP contribution in [0, 0.1) is 0 Å². The van der Waals surface area contributed by atoms with Crippen LogP contribution in [-0.2, 0) is 11.3 Å². The van der Waals surface area contributed by atoms with Gasteiger partial charge in [0.1, 0.15) is 11.8 Å². The highest BCUT2D eigenvalue weighted by molar-refractivity contribution is 5.75. The molecule has 0 aliphatic rings. The second-order valence-corrected chi connectivity index (χ2v) is 4.92. The van der Waals surface area contributed by atoms with Crippen LogP contribution in [0.1, 0.15) is 17.2 Å². The fourth-order valence-electron chi connectivity index (χ4n) is 2.37. The maximum atomic E-state index is 11.6. The van der Waals surface area contributed by atoms with Crippen molar-refractivity contribution in [2.75, 3.05) is 14.2 Å². The van der Waals surface area contributed by atoms with E-state index in [2.05, 4.69) is 0 Å². The van der Waals surface area contributed by atoms with Gasteiger partial charge in [-0.05, 0) is 30.3 Å². The summed E-state index contributed by atoms with van der Waals surface area (Å²) in [5, 5.41) is 9.51. The van der Waals surface area contributed by atoms with E-state index < -0.39 is 12.0 Å². The molecule has 0 aliphatic carbocycles. The van der Waals surface area contributed by atoms with Gasteiger partial charge >= 0.3 is 5.97 Å². The Morgan fingerprint density at radius 1 is 1.19 bits per heavy atom. The topological polar surface area (TPSA) is 49.8 Å². The van der Waals surface area contributed by atoms with E-state index in [1.807, 2.05) is 66.5 Å². The van der Waals surface area contributed by atoms with E-state index in [4.69, 9.17) is 4.74 Å². The zero-order chi connectivity index (χ0) is 15.2. The molecule has 21 heavy (non-hydrogen) atoms. The van der Waals surface area contributed by atoms with Crippen molar-refractivity contribution in [3.63, 3.8) is 0 Å². The lowest BCUT2D eigenvalue weighted by atomic mass is 10.1. The summed E-state index contributed by atoms with van der Waals surface area (Å²) in [6.45, 7) is 0.531. The van der Waals surface area contributed by atoms with Gasteiger partial charge in [-0.1, -0.05) is 42.5 Å². The number of hydrogen-bond donors (Lipinski definition) is 1. The normalized spacial score (nSPS) is 12.1. The minimum atomic E-state index is -0.855. The molecule has 0 heterocycles. The number of aliphatic carboxylic acids is 1. The third kappa shape index (κ3) is 3.83. The Bertz CT molecular complexity index is 598. The summed E-state index contributed by atoms with van der Waals surface area (Å²) in [5.41, 5.74) is 1.79. The van der Waals surface area contributed by atoms with Gasteiger partial charge in [0, 0.05) is 6.54 Å². The summed E-state index contributed by atoms with van der Waals surface area (Å²) in [5.74, 6) is -0.0842. The Kier molecular flexibility index (Phi) is 4.95. The SMILES string of the molecule is COc1cccc(CN(C)C(C(=O)O)c2ccccc2)c1. The predicted molar refractivity (Wildman–Crippen MR) is 81.3 cm³/mol. The fraction of sp³-hybridized carbons (Fsp3) is 0.235. The highest BCUT2D eigenvalue weighted by atomic mass is 16.5. The number of carbonyl (C=O) groups is 1. The second-order valence-electron chi connectivity index (χ2n) is 4.92. The van der Waals surface area contributed by atoms with Crippen molar-refractivity contribution in [3.8, 4) is 5.75 Å². The zero-order valence-electron chi connectivity index (χ0n) is 12.2. The number of carboxylic acid groups (broad SMARTS) is 1. The molecule has 1 atom stereocenters. The van der Waals surface area contributed by atoms with Gasteiger partial charge in [-0.2, -0.15) is 0 Å². The average Bonchev–Trinajstić information content (AvgIpc) is 2.48. The molecule has 2 aromatic carbocycles. The van der Waals surface area contributed by atoms with Crippen LogP contribution in [-0.4, -0.2) is 30.1 Å². The molecule has 1 N–H and O–H groups in total. The quantitative estimate of drug-likeness (QED) is 0.886. The summed E-state index contributed by atoms with van der Waals surface area (Å²) >= 11 is 0. The Morgan fingerprint density at radius 2 is 1.90 bits per heavy atom. The highest BCUT2D eigenvalue weighted by Gasteiger charge is 2.24. The number of rotatable bonds is 6. The molecule has 0 spiro atoms. The van der Waals surface area contributed by atoms with E-state index in [0.717, 1.165) is 16.9 Å². The Balaban J connectivity index is 2.19. The standard InChI is InChI=1S/C17H19NO3/c1-18(12-13-7-6-10-15(11-13)21-2)16(17(19)20)14-8-4-3-5-9-14/h3-11,16H,12H2,1-2H3,(H,19,20). The zero-order valence-corrected chi connectivity index (χ0v) is 12.2. The van der Waals surface area contributed by atoms with Crippen LogP contribution in [0.4, 0.5) is 0 Å². The summed E-state index contributed by atoms with van der Waals surface area (Å²) in [7, 11) is 3.43. The number of carboxylic acids is 1. The van der Waals surface area contributed by atoms with Gasteiger partial charge in [0.05, 0.1) is 7.11 Å². The van der Waals surface area contributed by atoms with Gasteiger partial charge in [-0.15, -0.1) is 0 Å². The first-order valence-electron chi connectivity index (χ1n) is 6.72. The Hall–Kier alpha value is -2.33. The maximum absolute atomic E-state index is 11.6. The van der Waals surface area contributed by atoms with Crippen LogP contribution in [0.5, 0.6) is 5.75 Å². The first-order valence-corrected chi connectivity index (χ1v) is 6.72. The van der Waals surface area contributed by atoms with Crippen molar-refractivity contribution < 1.29 is 14.6 Å². The minimum Gasteiger partial charge on any atom is -0.497 e. The van der Waals surface area contributed by atoms with Crippen molar-refractivity contribution >= 4 is 5.97 Å². The van der Waals surface area contributed by atoms with Crippen LogP contribution in [0.15, 0.2) is 54.6 Å². The number of likely N-dealkylation sites (N-methyl/N-ethyl adjacent to an activating group) is 1. The first-order chi connectivity index (χ1) is 10.1. The van der Waals surface area contributed by atoms with E-state index in [1.165, 1.54) is 0 Å². The smallest absolute Gasteiger partial charge is 0.325 e. The molecule has 2 aromatic rings. The lowest BCUT2D eigenvalue weighted by Gasteiger charge is -2.25. The van der Waals surface area contributed by atoms with Gasteiger partial charge in [0.2, 0.25) is 0 Å². The number of methoxy groups -OCH3 is 1. The van der Waals surface area contributed by atoms with Crippen LogP contribution < -0.4 is 4.74 Å². The van der Waals surface area contributed by atoms with Gasteiger partial charge in [-0.3, -0.25) is 9.69 Å². The van der Waals surface area contributed by atoms with Gasteiger partial charge in [0.25, 0.3) is 0 Å². The van der Waals surface area contributed by atoms with Crippen molar-refractivity contribution in [1.82, 2.24) is 4.90 Å². The minimum absolute atomic E-state index is 0.531. The Labute approximate surface area is 124 Å². The molecule has 0 radical (unpaired) electrons. The average molecular weight is 285 g/mol. The molecule has 110 valence electrons. The lowest BCUT2D eigenvalue weighted by Crippen LogP contribution is -2.30. The molecule has 0 fully saturated rings. The van der Waals surface area contributed by atoms with E-state index in [9.17, 15) is 9.90 Å². The van der Waals surface area contributed by atoms with Gasteiger partial charge in [-0.25, -0.2) is 0 Å². The number of hydrogen-bond acceptors (Lipinski definition) is 3. The molecule has 1 unspecified atom stereocenters. The summed E-state index contributed by atoms with van der Waals surface area (Å²) in [4.78, 5) is 13.4. The van der Waals surface area contributed by atoms with E-state index in [-0.39, 0.29) is 0 Å². The Morgan fingerprint density at radius 3 is 2.52 bits per heavy atom. The summed E-state index contributed by atoms with van der Waals surface area (Å²) < 4.78 is 5.19. The van der Waals surface area contributed by atoms with Crippen molar-refractivity contribution in [2.24, 2.45) is 0 Å². The largest absolute Gasteiger partial charge is 0.497 e. The van der Waals surface area contributed by atoms with Crippen LogP contribution in [0.2, 0.25) is 0 Å². The molecular weight excluding hydrogens is 266 g/mol. The third-order valence-corrected chi connectivity index (χ3v) is 3.36. The molecule has 0 amide bonds. The van der Waals surface area contributed by atoms with Gasteiger partial charge < -0.3 is 9.84 Å². The number of nitrogens with zero attached hydrogens (tertiary/aromatic N) is 1. The molecule has 4 nitrogen and oxygen atoms in total. The molecule has 2 rings (SSSR count). The molecule has 0 bridgehead atoms. The number of ether oxygens (including phenoxy) is 1. The van der Waals surface area contributed by atoms with Crippen molar-refractivity contribution in [3.05, 3.63) is 65.7 Å². The highest BCUT2D eigenvalue weighted by Crippen LogP contribution is 2.22. The van der Waals surface area contributed by atoms with E-state index >= 15 is 0 Å². The molecule has 4 heteroatoms. The van der Waals surface area contributed by atoms with Crippen LogP contribution >= 0.6 is 0 Å². The van der Waals surface area contributed by atoms with Gasteiger partial charge in [0.15, 0.2) is 0 Å². The summed E-state index contributed by atoms with van der Waals surface area (Å²) in [6, 6.07) is 16.2.